The SMILES string of the molecule is CC(=O)N1CCCN(Cc2ccccc2)CCN(C(=O)c2ccc3c(c2)N(C)C(=O)CO3)Cc2ccc(Cl)cc21. The van der Waals surface area contributed by atoms with Gasteiger partial charge in [-0.2, -0.15) is 0 Å². The maximum atomic E-state index is 14.0. The number of fused-ring (bicyclic) bond motifs is 2. The van der Waals surface area contributed by atoms with E-state index in [9.17, 15) is 14.4 Å². The number of benzene rings is 3. The fourth-order valence-electron chi connectivity index (χ4n) is 5.24. The predicted molar refractivity (Wildman–Crippen MR) is 156 cm³/mol. The molecule has 0 atom stereocenters. The lowest BCUT2D eigenvalue weighted by molar-refractivity contribution is -0.121. The molecule has 5 rings (SSSR count). The Kier molecular flexibility index (Phi) is 8.38. The Bertz CT molecular complexity index is 1410. The van der Waals surface area contributed by atoms with Crippen molar-refractivity contribution in [3.8, 4) is 5.75 Å². The van der Waals surface area contributed by atoms with Gasteiger partial charge in [0.2, 0.25) is 5.91 Å². The monoisotopic (exact) mass is 560 g/mol. The van der Waals surface area contributed by atoms with E-state index in [1.165, 1.54) is 10.5 Å². The Hall–Kier alpha value is -3.88. The van der Waals surface area contributed by atoms with E-state index in [-0.39, 0.29) is 24.3 Å². The molecule has 0 N–H and O–H groups in total. The molecule has 208 valence electrons. The lowest BCUT2D eigenvalue weighted by Crippen LogP contribution is -2.39. The smallest absolute Gasteiger partial charge is 0.264 e. The van der Waals surface area contributed by atoms with Crippen molar-refractivity contribution in [2.75, 3.05) is 49.6 Å². The van der Waals surface area contributed by atoms with Gasteiger partial charge in [-0.1, -0.05) is 48.0 Å². The number of nitrogens with zero attached hydrogens (tertiary/aromatic N) is 4. The van der Waals surface area contributed by atoms with Crippen LogP contribution in [0.3, 0.4) is 0 Å². The summed E-state index contributed by atoms with van der Waals surface area (Å²) in [5.41, 5.74) is 3.79. The number of likely N-dealkylation sites (N-methyl/N-ethyl adjacent to an activating group) is 1. The maximum absolute atomic E-state index is 14.0. The zero-order chi connectivity index (χ0) is 28.2. The highest BCUT2D eigenvalue weighted by Gasteiger charge is 2.27. The van der Waals surface area contributed by atoms with Crippen molar-refractivity contribution in [2.45, 2.75) is 26.4 Å². The van der Waals surface area contributed by atoms with Crippen LogP contribution in [-0.2, 0) is 22.7 Å². The van der Waals surface area contributed by atoms with E-state index in [1.54, 1.807) is 49.2 Å². The Labute approximate surface area is 239 Å². The van der Waals surface area contributed by atoms with Gasteiger partial charge < -0.3 is 19.4 Å². The second-order valence-corrected chi connectivity index (χ2v) is 10.6. The molecule has 40 heavy (non-hydrogen) atoms. The third-order valence-electron chi connectivity index (χ3n) is 7.45. The highest BCUT2D eigenvalue weighted by Crippen LogP contribution is 2.33. The summed E-state index contributed by atoms with van der Waals surface area (Å²) in [4.78, 5) is 46.4. The van der Waals surface area contributed by atoms with Gasteiger partial charge in [0.25, 0.3) is 11.8 Å². The molecule has 9 heteroatoms. The van der Waals surface area contributed by atoms with Crippen LogP contribution in [0.15, 0.2) is 66.7 Å². The van der Waals surface area contributed by atoms with Crippen molar-refractivity contribution < 1.29 is 19.1 Å². The van der Waals surface area contributed by atoms with Crippen LogP contribution in [0.1, 0.15) is 34.8 Å². The zero-order valence-electron chi connectivity index (χ0n) is 22.8. The molecule has 3 aromatic carbocycles. The second-order valence-electron chi connectivity index (χ2n) is 10.2. The summed E-state index contributed by atoms with van der Waals surface area (Å²) in [7, 11) is 1.68. The number of halogens is 1. The van der Waals surface area contributed by atoms with E-state index in [4.69, 9.17) is 16.3 Å². The minimum Gasteiger partial charge on any atom is -0.482 e. The number of ether oxygens (including phenoxy) is 1. The first-order chi connectivity index (χ1) is 19.3. The van der Waals surface area contributed by atoms with Crippen molar-refractivity contribution in [3.05, 3.63) is 88.4 Å². The predicted octanol–water partition coefficient (Wildman–Crippen LogP) is 4.60. The van der Waals surface area contributed by atoms with Crippen LogP contribution >= 0.6 is 11.6 Å². The van der Waals surface area contributed by atoms with Crippen molar-refractivity contribution in [1.29, 1.82) is 0 Å². The third kappa shape index (κ3) is 6.13. The molecular formula is C31H33ClN4O4. The van der Waals surface area contributed by atoms with Crippen LogP contribution in [0.25, 0.3) is 0 Å². The Morgan fingerprint density at radius 1 is 0.925 bits per heavy atom. The molecule has 0 spiro atoms. The average molecular weight is 561 g/mol. The van der Waals surface area contributed by atoms with Crippen LogP contribution in [-0.4, -0.2) is 67.4 Å². The number of anilines is 2. The quantitative estimate of drug-likeness (QED) is 0.468. The van der Waals surface area contributed by atoms with Gasteiger partial charge >= 0.3 is 0 Å². The van der Waals surface area contributed by atoms with Crippen molar-refractivity contribution in [2.24, 2.45) is 0 Å². The summed E-state index contributed by atoms with van der Waals surface area (Å²) in [5.74, 6) is 0.169. The van der Waals surface area contributed by atoms with E-state index in [0.717, 1.165) is 30.8 Å². The van der Waals surface area contributed by atoms with Crippen LogP contribution in [0.2, 0.25) is 5.02 Å². The van der Waals surface area contributed by atoms with Crippen molar-refractivity contribution in [1.82, 2.24) is 9.80 Å². The summed E-state index contributed by atoms with van der Waals surface area (Å²) in [6, 6.07) is 20.9. The van der Waals surface area contributed by atoms with E-state index >= 15 is 0 Å². The lowest BCUT2D eigenvalue weighted by atomic mass is 10.1. The molecule has 0 aliphatic carbocycles. The fraction of sp³-hybridized carbons (Fsp3) is 0.323. The summed E-state index contributed by atoms with van der Waals surface area (Å²) >= 11 is 6.38. The minimum absolute atomic E-state index is 0.0217. The van der Waals surface area contributed by atoms with Gasteiger partial charge in [0, 0.05) is 63.8 Å². The highest BCUT2D eigenvalue weighted by molar-refractivity contribution is 6.31. The molecule has 0 saturated carbocycles. The Morgan fingerprint density at radius 2 is 1.73 bits per heavy atom. The van der Waals surface area contributed by atoms with Crippen molar-refractivity contribution in [3.63, 3.8) is 0 Å². The highest BCUT2D eigenvalue weighted by atomic mass is 35.5. The maximum Gasteiger partial charge on any atom is 0.264 e. The van der Waals surface area contributed by atoms with Crippen molar-refractivity contribution >= 4 is 40.7 Å². The summed E-state index contributed by atoms with van der Waals surface area (Å²) < 4.78 is 5.56. The topological polar surface area (TPSA) is 73.4 Å². The standard InChI is InChI=1S/C31H33ClN4O4/c1-22(37)36-14-6-13-34(19-23-7-4-3-5-8-23)15-16-35(20-25-9-11-26(32)18-27(25)36)31(39)24-10-12-29-28(17-24)33(2)30(38)21-40-29/h3-5,7-12,17-18H,6,13-16,19-21H2,1-2H3. The summed E-state index contributed by atoms with van der Waals surface area (Å²) in [6.45, 7) is 5.04. The van der Waals surface area contributed by atoms with Gasteiger partial charge in [0.1, 0.15) is 5.75 Å². The Morgan fingerprint density at radius 3 is 2.50 bits per heavy atom. The third-order valence-corrected chi connectivity index (χ3v) is 7.69. The molecule has 0 aromatic heterocycles. The molecule has 0 fully saturated rings. The zero-order valence-corrected chi connectivity index (χ0v) is 23.6. The Balaban J connectivity index is 1.50. The number of rotatable bonds is 3. The molecule has 2 heterocycles. The average Bonchev–Trinajstić information content (AvgIpc) is 2.98. The van der Waals surface area contributed by atoms with Gasteiger partial charge in [-0.25, -0.2) is 0 Å². The van der Waals surface area contributed by atoms with E-state index in [0.29, 0.717) is 48.2 Å². The lowest BCUT2D eigenvalue weighted by Gasteiger charge is -2.29. The van der Waals surface area contributed by atoms with E-state index < -0.39 is 0 Å². The first-order valence-electron chi connectivity index (χ1n) is 13.5. The van der Waals surface area contributed by atoms with Gasteiger partial charge in [-0.15, -0.1) is 0 Å². The van der Waals surface area contributed by atoms with E-state index in [2.05, 4.69) is 17.0 Å². The molecule has 0 unspecified atom stereocenters. The number of hydrogen-bond donors (Lipinski definition) is 0. The summed E-state index contributed by atoms with van der Waals surface area (Å²) in [5, 5.41) is 0.533. The van der Waals surface area contributed by atoms with Gasteiger partial charge in [0.05, 0.1) is 11.4 Å². The first-order valence-corrected chi connectivity index (χ1v) is 13.8. The first kappa shape index (κ1) is 27.7. The van der Waals surface area contributed by atoms with Crippen LogP contribution in [0.4, 0.5) is 11.4 Å². The van der Waals surface area contributed by atoms with Crippen LogP contribution in [0, 0.1) is 0 Å². The molecule has 3 amide bonds. The summed E-state index contributed by atoms with van der Waals surface area (Å²) in [6.07, 6.45) is 0.775. The van der Waals surface area contributed by atoms with Gasteiger partial charge in [-0.3, -0.25) is 19.3 Å². The number of hydrogen-bond acceptors (Lipinski definition) is 5. The molecule has 2 aliphatic heterocycles. The fourth-order valence-corrected chi connectivity index (χ4v) is 5.41. The van der Waals surface area contributed by atoms with E-state index in [1.807, 2.05) is 29.2 Å². The van der Waals surface area contributed by atoms with Gasteiger partial charge in [0.15, 0.2) is 6.61 Å². The van der Waals surface area contributed by atoms with Crippen LogP contribution in [0.5, 0.6) is 5.75 Å². The normalized spacial score (nSPS) is 16.5. The number of carbonyl (C=O) groups is 3. The molecular weight excluding hydrogens is 528 g/mol. The molecule has 0 radical (unpaired) electrons. The molecule has 0 bridgehead atoms. The van der Waals surface area contributed by atoms with Gasteiger partial charge in [-0.05, 0) is 47.9 Å². The number of amides is 3. The molecule has 2 aliphatic rings. The molecule has 3 aromatic rings. The van der Waals surface area contributed by atoms with Crippen LogP contribution < -0.4 is 14.5 Å². The molecule has 8 nitrogen and oxygen atoms in total. The second kappa shape index (κ2) is 12.1. The number of carbonyl (C=O) groups excluding carboxylic acids is 3. The molecule has 0 saturated heterocycles. The largest absolute Gasteiger partial charge is 0.482 e. The minimum atomic E-state index is -0.168.